The zero-order valence-electron chi connectivity index (χ0n) is 8.92. The third-order valence-corrected chi connectivity index (χ3v) is 3.77. The second-order valence-corrected chi connectivity index (χ2v) is 4.82. The number of hydrogen-bond donors (Lipinski definition) is 1. The molecule has 0 bridgehead atoms. The zero-order valence-corrected chi connectivity index (χ0v) is 8.92. The van der Waals surface area contributed by atoms with Gasteiger partial charge in [-0.05, 0) is 51.7 Å². The van der Waals surface area contributed by atoms with E-state index in [1.165, 1.54) is 38.9 Å². The minimum atomic E-state index is 0.716. The number of nitrogens with one attached hydrogen (secondary N) is 1. The summed E-state index contributed by atoms with van der Waals surface area (Å²) in [7, 11) is 0. The fourth-order valence-electron chi connectivity index (χ4n) is 2.70. The summed E-state index contributed by atoms with van der Waals surface area (Å²) >= 11 is 0. The van der Waals surface area contributed by atoms with Crippen LogP contribution in [0, 0.1) is 5.92 Å². The summed E-state index contributed by atoms with van der Waals surface area (Å²) in [6.45, 7) is 8.59. The van der Waals surface area contributed by atoms with Gasteiger partial charge >= 0.3 is 0 Å². The predicted octanol–water partition coefficient (Wildman–Crippen LogP) is 1.47. The first-order chi connectivity index (χ1) is 6.27. The van der Waals surface area contributed by atoms with Crippen LogP contribution in [0.1, 0.15) is 33.1 Å². The van der Waals surface area contributed by atoms with Crippen LogP contribution in [0.4, 0.5) is 0 Å². The van der Waals surface area contributed by atoms with Crippen LogP contribution < -0.4 is 5.32 Å². The van der Waals surface area contributed by atoms with Crippen LogP contribution in [-0.2, 0) is 0 Å². The largest absolute Gasteiger partial charge is 0.313 e. The van der Waals surface area contributed by atoms with Gasteiger partial charge in [0.1, 0.15) is 0 Å². The smallest absolute Gasteiger partial charge is 0.0258 e. The number of rotatable bonds is 1. The predicted molar refractivity (Wildman–Crippen MR) is 55.8 cm³/mol. The Morgan fingerprint density at radius 3 is 2.31 bits per heavy atom. The Labute approximate surface area is 81.7 Å². The summed E-state index contributed by atoms with van der Waals surface area (Å²) in [4.78, 5) is 2.70. The number of likely N-dealkylation sites (tertiary alicyclic amines) is 1. The van der Waals surface area contributed by atoms with E-state index >= 15 is 0 Å². The van der Waals surface area contributed by atoms with Gasteiger partial charge in [-0.25, -0.2) is 0 Å². The van der Waals surface area contributed by atoms with Crippen LogP contribution >= 0.6 is 0 Å². The first-order valence-electron chi connectivity index (χ1n) is 5.75. The van der Waals surface area contributed by atoms with Crippen LogP contribution in [0.2, 0.25) is 0 Å². The molecule has 0 aromatic carbocycles. The lowest BCUT2D eigenvalue weighted by Crippen LogP contribution is -2.45. The van der Waals surface area contributed by atoms with Crippen molar-refractivity contribution in [3.05, 3.63) is 0 Å². The molecule has 0 radical (unpaired) electrons. The van der Waals surface area contributed by atoms with Crippen molar-refractivity contribution in [1.29, 1.82) is 0 Å². The lowest BCUT2D eigenvalue weighted by atomic mass is 9.96. The molecule has 0 unspecified atom stereocenters. The molecule has 2 rings (SSSR count). The number of piperidine rings is 1. The average Bonchev–Trinajstić information content (AvgIpc) is 2.53. The van der Waals surface area contributed by atoms with Gasteiger partial charge in [-0.2, -0.15) is 0 Å². The second kappa shape index (κ2) is 3.97. The Balaban J connectivity index is 1.86. The average molecular weight is 182 g/mol. The lowest BCUT2D eigenvalue weighted by molar-refractivity contribution is 0.131. The van der Waals surface area contributed by atoms with E-state index in [4.69, 9.17) is 0 Å². The van der Waals surface area contributed by atoms with Gasteiger partial charge in [-0.15, -0.1) is 0 Å². The first kappa shape index (κ1) is 9.47. The highest BCUT2D eigenvalue weighted by molar-refractivity contribution is 4.89. The maximum Gasteiger partial charge on any atom is 0.0258 e. The van der Waals surface area contributed by atoms with Crippen molar-refractivity contribution in [2.75, 3.05) is 19.6 Å². The fraction of sp³-hybridized carbons (Fsp3) is 1.00. The molecule has 0 aromatic heterocycles. The monoisotopic (exact) mass is 182 g/mol. The van der Waals surface area contributed by atoms with E-state index in [9.17, 15) is 0 Å². The molecule has 0 aromatic rings. The van der Waals surface area contributed by atoms with Crippen molar-refractivity contribution in [2.45, 2.75) is 45.2 Å². The molecular formula is C11H22N2. The van der Waals surface area contributed by atoms with Gasteiger partial charge in [0.2, 0.25) is 0 Å². The summed E-state index contributed by atoms with van der Waals surface area (Å²) in [6, 6.07) is 1.54. The summed E-state index contributed by atoms with van der Waals surface area (Å²) < 4.78 is 0. The van der Waals surface area contributed by atoms with Gasteiger partial charge in [-0.3, -0.25) is 4.90 Å². The third kappa shape index (κ3) is 2.05. The molecular weight excluding hydrogens is 160 g/mol. The van der Waals surface area contributed by atoms with E-state index in [-0.39, 0.29) is 0 Å². The molecule has 0 saturated carbocycles. The lowest BCUT2D eigenvalue weighted by Gasteiger charge is -2.36. The standard InChI is InChI=1S/C11H22N2/c1-9-4-7-13(8-5-9)11-3-6-12-10(11)2/h9-12H,3-8H2,1-2H3/t10-,11-/m1/s1. The summed E-state index contributed by atoms with van der Waals surface area (Å²) in [5.74, 6) is 0.959. The van der Waals surface area contributed by atoms with Crippen molar-refractivity contribution in [3.8, 4) is 0 Å². The first-order valence-corrected chi connectivity index (χ1v) is 5.75. The molecule has 1 N–H and O–H groups in total. The van der Waals surface area contributed by atoms with Crippen molar-refractivity contribution in [1.82, 2.24) is 10.2 Å². The van der Waals surface area contributed by atoms with E-state index in [0.717, 1.165) is 12.0 Å². The molecule has 2 atom stereocenters. The van der Waals surface area contributed by atoms with Gasteiger partial charge in [0.05, 0.1) is 0 Å². The Hall–Kier alpha value is -0.0800. The van der Waals surface area contributed by atoms with Crippen LogP contribution in [0.5, 0.6) is 0 Å². The van der Waals surface area contributed by atoms with E-state index < -0.39 is 0 Å². The quantitative estimate of drug-likeness (QED) is 0.660. The van der Waals surface area contributed by atoms with Crippen LogP contribution in [-0.4, -0.2) is 36.6 Å². The molecule has 2 aliphatic rings. The molecule has 0 spiro atoms. The summed E-state index contributed by atoms with van der Waals surface area (Å²) in [5, 5.41) is 3.54. The summed E-state index contributed by atoms with van der Waals surface area (Å²) in [5.41, 5.74) is 0. The third-order valence-electron chi connectivity index (χ3n) is 3.77. The normalized spacial score (nSPS) is 38.3. The molecule has 2 nitrogen and oxygen atoms in total. The van der Waals surface area contributed by atoms with Crippen molar-refractivity contribution in [3.63, 3.8) is 0 Å². The van der Waals surface area contributed by atoms with Crippen LogP contribution in [0.25, 0.3) is 0 Å². The molecule has 0 amide bonds. The minimum Gasteiger partial charge on any atom is -0.313 e. The second-order valence-electron chi connectivity index (χ2n) is 4.82. The minimum absolute atomic E-state index is 0.716. The highest BCUT2D eigenvalue weighted by atomic mass is 15.2. The van der Waals surface area contributed by atoms with Gasteiger partial charge in [-0.1, -0.05) is 6.92 Å². The van der Waals surface area contributed by atoms with Crippen molar-refractivity contribution in [2.24, 2.45) is 5.92 Å². The van der Waals surface area contributed by atoms with Crippen molar-refractivity contribution < 1.29 is 0 Å². The van der Waals surface area contributed by atoms with E-state index in [0.29, 0.717) is 6.04 Å². The van der Waals surface area contributed by atoms with Gasteiger partial charge < -0.3 is 5.32 Å². The molecule has 2 aliphatic heterocycles. The molecule has 13 heavy (non-hydrogen) atoms. The van der Waals surface area contributed by atoms with Gasteiger partial charge in [0.15, 0.2) is 0 Å². The van der Waals surface area contributed by atoms with Gasteiger partial charge in [0.25, 0.3) is 0 Å². The Bertz CT molecular complexity index is 161. The van der Waals surface area contributed by atoms with Gasteiger partial charge in [0, 0.05) is 12.1 Å². The maximum atomic E-state index is 3.54. The van der Waals surface area contributed by atoms with E-state index in [1.807, 2.05) is 0 Å². The number of nitrogens with zero attached hydrogens (tertiary/aromatic N) is 1. The van der Waals surface area contributed by atoms with E-state index in [2.05, 4.69) is 24.1 Å². The van der Waals surface area contributed by atoms with Crippen LogP contribution in [0.3, 0.4) is 0 Å². The van der Waals surface area contributed by atoms with E-state index in [1.54, 1.807) is 0 Å². The van der Waals surface area contributed by atoms with Crippen LogP contribution in [0.15, 0.2) is 0 Å². The topological polar surface area (TPSA) is 15.3 Å². The Morgan fingerprint density at radius 2 is 1.77 bits per heavy atom. The number of hydrogen-bond acceptors (Lipinski definition) is 2. The molecule has 2 fully saturated rings. The molecule has 2 saturated heterocycles. The molecule has 0 aliphatic carbocycles. The summed E-state index contributed by atoms with van der Waals surface area (Å²) in [6.07, 6.45) is 4.17. The Kier molecular flexibility index (Phi) is 2.89. The maximum absolute atomic E-state index is 3.54. The zero-order chi connectivity index (χ0) is 9.26. The highest BCUT2D eigenvalue weighted by Gasteiger charge is 2.30. The highest BCUT2D eigenvalue weighted by Crippen LogP contribution is 2.22. The van der Waals surface area contributed by atoms with Crippen molar-refractivity contribution >= 4 is 0 Å². The Morgan fingerprint density at radius 1 is 1.08 bits per heavy atom. The fourth-order valence-corrected chi connectivity index (χ4v) is 2.70. The molecule has 2 heteroatoms. The molecule has 76 valence electrons. The molecule has 2 heterocycles. The SMILES string of the molecule is CC1CCN([C@@H]2CCN[C@@H]2C)CC1.